The molecule has 1 heterocycles. The van der Waals surface area contributed by atoms with E-state index in [9.17, 15) is 9.59 Å². The van der Waals surface area contributed by atoms with Crippen molar-refractivity contribution in [2.75, 3.05) is 20.1 Å². The molecule has 0 radical (unpaired) electrons. The molecule has 2 aliphatic rings. The Morgan fingerprint density at radius 3 is 2.19 bits per heavy atom. The van der Waals surface area contributed by atoms with Crippen molar-refractivity contribution in [3.05, 3.63) is 0 Å². The number of hydrogen-bond donors (Lipinski definition) is 0. The number of carbonyl (C=O) groups is 2. The molecule has 0 atom stereocenters. The lowest BCUT2D eigenvalue weighted by Gasteiger charge is -2.36. The first kappa shape index (κ1) is 11.4. The second kappa shape index (κ2) is 4.85. The summed E-state index contributed by atoms with van der Waals surface area (Å²) in [6.07, 6.45) is 7.07. The van der Waals surface area contributed by atoms with E-state index in [-0.39, 0.29) is 11.8 Å². The second-order valence-electron chi connectivity index (χ2n) is 4.87. The van der Waals surface area contributed by atoms with Crippen LogP contribution in [-0.2, 0) is 9.59 Å². The third kappa shape index (κ3) is 2.20. The lowest BCUT2D eigenvalue weighted by atomic mass is 10.1. The zero-order valence-electron chi connectivity index (χ0n) is 9.95. The number of amides is 2. The smallest absolute Gasteiger partial charge is 0.312 e. The monoisotopic (exact) mass is 224 g/mol. The molecule has 4 nitrogen and oxygen atoms in total. The van der Waals surface area contributed by atoms with Gasteiger partial charge >= 0.3 is 11.8 Å². The minimum atomic E-state index is -0.338. The zero-order valence-corrected chi connectivity index (χ0v) is 9.95. The van der Waals surface area contributed by atoms with E-state index in [1.165, 1.54) is 30.6 Å². The first-order valence-corrected chi connectivity index (χ1v) is 6.26. The number of carbonyl (C=O) groups excluding carboxylic acids is 2. The van der Waals surface area contributed by atoms with E-state index < -0.39 is 0 Å². The quantitative estimate of drug-likeness (QED) is 0.492. The molecule has 2 fully saturated rings. The number of rotatable bonds is 1. The fraction of sp³-hybridized carbons (Fsp3) is 0.833. The topological polar surface area (TPSA) is 40.6 Å². The summed E-state index contributed by atoms with van der Waals surface area (Å²) in [5.41, 5.74) is 0. The van der Waals surface area contributed by atoms with Crippen LogP contribution in [0.3, 0.4) is 0 Å². The van der Waals surface area contributed by atoms with Gasteiger partial charge in [0.2, 0.25) is 0 Å². The Morgan fingerprint density at radius 1 is 0.938 bits per heavy atom. The number of piperazine rings is 1. The van der Waals surface area contributed by atoms with E-state index in [2.05, 4.69) is 0 Å². The van der Waals surface area contributed by atoms with Crippen molar-refractivity contribution in [2.24, 2.45) is 0 Å². The van der Waals surface area contributed by atoms with Crippen LogP contribution in [-0.4, -0.2) is 47.8 Å². The lowest BCUT2D eigenvalue weighted by Crippen LogP contribution is -2.56. The van der Waals surface area contributed by atoms with E-state index in [1.807, 2.05) is 4.90 Å². The Bertz CT molecular complexity index is 283. The molecule has 0 aromatic heterocycles. The maximum atomic E-state index is 11.9. The highest BCUT2D eigenvalue weighted by Crippen LogP contribution is 2.23. The van der Waals surface area contributed by atoms with Crippen molar-refractivity contribution in [1.29, 1.82) is 0 Å². The highest BCUT2D eigenvalue weighted by atomic mass is 16.2. The molecule has 0 aromatic carbocycles. The van der Waals surface area contributed by atoms with Gasteiger partial charge in [-0.15, -0.1) is 0 Å². The minimum Gasteiger partial charge on any atom is -0.336 e. The molecular formula is C12H20N2O2. The van der Waals surface area contributed by atoms with Gasteiger partial charge in [0.1, 0.15) is 0 Å². The summed E-state index contributed by atoms with van der Waals surface area (Å²) in [6, 6.07) is 0.313. The van der Waals surface area contributed by atoms with Gasteiger partial charge in [0.05, 0.1) is 0 Å². The van der Waals surface area contributed by atoms with Gasteiger partial charge in [-0.05, 0) is 12.8 Å². The molecule has 1 aliphatic carbocycles. The first-order chi connectivity index (χ1) is 7.70. The van der Waals surface area contributed by atoms with Crippen LogP contribution in [0.5, 0.6) is 0 Å². The van der Waals surface area contributed by atoms with Crippen LogP contribution in [0, 0.1) is 0 Å². The Kier molecular flexibility index (Phi) is 3.46. The minimum absolute atomic E-state index is 0.291. The van der Waals surface area contributed by atoms with Gasteiger partial charge in [-0.1, -0.05) is 25.7 Å². The fourth-order valence-corrected chi connectivity index (χ4v) is 2.66. The highest BCUT2D eigenvalue weighted by Gasteiger charge is 2.34. The number of likely N-dealkylation sites (N-methyl/N-ethyl adjacent to an activating group) is 1. The molecule has 0 unspecified atom stereocenters. The van der Waals surface area contributed by atoms with Crippen molar-refractivity contribution in [3.63, 3.8) is 0 Å². The predicted octanol–water partition coefficient (Wildman–Crippen LogP) is 1.01. The maximum Gasteiger partial charge on any atom is 0.312 e. The third-order valence-electron chi connectivity index (χ3n) is 3.73. The molecule has 1 saturated heterocycles. The molecule has 1 aliphatic heterocycles. The van der Waals surface area contributed by atoms with Crippen LogP contribution >= 0.6 is 0 Å². The van der Waals surface area contributed by atoms with E-state index in [0.717, 1.165) is 12.8 Å². The maximum absolute atomic E-state index is 11.9. The average molecular weight is 224 g/mol. The van der Waals surface area contributed by atoms with Crippen molar-refractivity contribution in [2.45, 2.75) is 44.6 Å². The fourth-order valence-electron chi connectivity index (χ4n) is 2.66. The van der Waals surface area contributed by atoms with Crippen LogP contribution in [0.15, 0.2) is 0 Å². The molecule has 1 saturated carbocycles. The van der Waals surface area contributed by atoms with E-state index in [4.69, 9.17) is 0 Å². The van der Waals surface area contributed by atoms with Crippen LogP contribution in [0.25, 0.3) is 0 Å². The summed E-state index contributed by atoms with van der Waals surface area (Å²) < 4.78 is 0. The van der Waals surface area contributed by atoms with Crippen LogP contribution in [0.2, 0.25) is 0 Å². The number of hydrogen-bond acceptors (Lipinski definition) is 2. The molecule has 2 amide bonds. The van der Waals surface area contributed by atoms with Crippen LogP contribution in [0.1, 0.15) is 38.5 Å². The molecule has 0 bridgehead atoms. The molecule has 0 aromatic rings. The Labute approximate surface area is 96.6 Å². The van der Waals surface area contributed by atoms with Crippen molar-refractivity contribution in [1.82, 2.24) is 9.80 Å². The Hall–Kier alpha value is -1.06. The van der Waals surface area contributed by atoms with Gasteiger partial charge in [-0.2, -0.15) is 0 Å². The van der Waals surface area contributed by atoms with Gasteiger partial charge < -0.3 is 9.80 Å². The summed E-state index contributed by atoms with van der Waals surface area (Å²) in [5, 5.41) is 0. The lowest BCUT2D eigenvalue weighted by molar-refractivity contribution is -0.156. The van der Waals surface area contributed by atoms with Crippen LogP contribution < -0.4 is 0 Å². The molecule has 0 N–H and O–H groups in total. The molecule has 90 valence electrons. The summed E-state index contributed by atoms with van der Waals surface area (Å²) in [6.45, 7) is 1.40. The van der Waals surface area contributed by atoms with Gasteiger partial charge in [0.25, 0.3) is 0 Å². The summed E-state index contributed by atoms with van der Waals surface area (Å²) in [7, 11) is 1.70. The highest BCUT2D eigenvalue weighted by molar-refractivity contribution is 6.35. The normalized spacial score (nSPS) is 24.8. The molecule has 16 heavy (non-hydrogen) atoms. The third-order valence-corrected chi connectivity index (χ3v) is 3.73. The van der Waals surface area contributed by atoms with E-state index in [0.29, 0.717) is 19.1 Å². The molecule has 4 heteroatoms. The van der Waals surface area contributed by atoms with Gasteiger partial charge in [-0.25, -0.2) is 0 Å². The summed E-state index contributed by atoms with van der Waals surface area (Å²) in [4.78, 5) is 26.8. The molecular weight excluding hydrogens is 204 g/mol. The Morgan fingerprint density at radius 2 is 1.56 bits per heavy atom. The molecule has 2 rings (SSSR count). The summed E-state index contributed by atoms with van der Waals surface area (Å²) in [5.74, 6) is -0.629. The SMILES string of the molecule is CN1CCN(C2CCCCCC2)C(=O)C1=O. The van der Waals surface area contributed by atoms with Gasteiger partial charge in [0.15, 0.2) is 0 Å². The predicted molar refractivity (Wildman–Crippen MR) is 60.8 cm³/mol. The van der Waals surface area contributed by atoms with E-state index >= 15 is 0 Å². The van der Waals surface area contributed by atoms with Gasteiger partial charge in [0, 0.05) is 26.2 Å². The summed E-state index contributed by atoms with van der Waals surface area (Å²) >= 11 is 0. The number of nitrogens with zero attached hydrogens (tertiary/aromatic N) is 2. The first-order valence-electron chi connectivity index (χ1n) is 6.26. The average Bonchev–Trinajstić information content (AvgIpc) is 2.55. The van der Waals surface area contributed by atoms with Crippen molar-refractivity contribution < 1.29 is 9.59 Å². The molecule has 0 spiro atoms. The van der Waals surface area contributed by atoms with E-state index in [1.54, 1.807) is 7.05 Å². The van der Waals surface area contributed by atoms with Crippen molar-refractivity contribution in [3.8, 4) is 0 Å². The largest absolute Gasteiger partial charge is 0.336 e. The van der Waals surface area contributed by atoms with Gasteiger partial charge in [-0.3, -0.25) is 9.59 Å². The second-order valence-corrected chi connectivity index (χ2v) is 4.87. The standard InChI is InChI=1S/C12H20N2O2/c1-13-8-9-14(12(16)11(13)15)10-6-4-2-3-5-7-10/h10H,2-9H2,1H3. The van der Waals surface area contributed by atoms with Crippen molar-refractivity contribution >= 4 is 11.8 Å². The zero-order chi connectivity index (χ0) is 11.5. The van der Waals surface area contributed by atoms with Crippen LogP contribution in [0.4, 0.5) is 0 Å². The Balaban J connectivity index is 2.02.